The lowest BCUT2D eigenvalue weighted by Gasteiger charge is -2.18. The van der Waals surface area contributed by atoms with Crippen molar-refractivity contribution in [2.24, 2.45) is 0 Å². The van der Waals surface area contributed by atoms with Crippen LogP contribution in [0.25, 0.3) is 0 Å². The molecule has 0 radical (unpaired) electrons. The van der Waals surface area contributed by atoms with Crippen molar-refractivity contribution in [2.75, 3.05) is 6.54 Å². The average molecular weight is 287 g/mol. The molecule has 1 rings (SSSR count). The Balaban J connectivity index is 0.000000690. The minimum Gasteiger partial charge on any atom is -0.310 e. The molecule has 0 amide bonds. The molecule has 0 bridgehead atoms. The first-order chi connectivity index (χ1) is 10.2. The molecule has 1 heteroatoms. The van der Waals surface area contributed by atoms with Crippen LogP contribution in [0.3, 0.4) is 0 Å². The lowest BCUT2D eigenvalue weighted by molar-refractivity contribution is 0.481. The molecule has 1 N–H and O–H groups in total. The van der Waals surface area contributed by atoms with Crippen molar-refractivity contribution in [3.8, 4) is 0 Å². The minimum absolute atomic E-state index is 0.544. The monoisotopic (exact) mass is 287 g/mol. The van der Waals surface area contributed by atoms with Crippen LogP contribution >= 0.6 is 0 Å². The highest BCUT2D eigenvalue weighted by molar-refractivity contribution is 5.18. The van der Waals surface area contributed by atoms with E-state index in [1.54, 1.807) is 0 Å². The topological polar surface area (TPSA) is 12.0 Å². The van der Waals surface area contributed by atoms with Gasteiger partial charge in [-0.2, -0.15) is 0 Å². The Bertz CT molecular complexity index is 384. The van der Waals surface area contributed by atoms with E-state index in [-0.39, 0.29) is 0 Å². The summed E-state index contributed by atoms with van der Waals surface area (Å²) in [4.78, 5) is 0. The first-order valence-electron chi connectivity index (χ1n) is 8.27. The zero-order valence-electron chi connectivity index (χ0n) is 14.4. The molecule has 0 aromatic heterocycles. The van der Waals surface area contributed by atoms with Crippen molar-refractivity contribution in [2.45, 2.75) is 65.8 Å². The summed E-state index contributed by atoms with van der Waals surface area (Å²) in [7, 11) is 0. The highest BCUT2D eigenvalue weighted by atomic mass is 14.9. The largest absolute Gasteiger partial charge is 0.310 e. The zero-order chi connectivity index (χ0) is 15.9. The summed E-state index contributed by atoms with van der Waals surface area (Å²) in [5.74, 6) is 0. The normalized spacial score (nSPS) is 11.0. The molecule has 21 heavy (non-hydrogen) atoms. The van der Waals surface area contributed by atoms with E-state index in [9.17, 15) is 0 Å². The van der Waals surface area contributed by atoms with E-state index >= 15 is 0 Å². The molecule has 0 aliphatic heterocycles. The van der Waals surface area contributed by atoms with E-state index in [2.05, 4.69) is 61.8 Å². The molecule has 0 saturated heterocycles. The van der Waals surface area contributed by atoms with Gasteiger partial charge in [-0.3, -0.25) is 0 Å². The lowest BCUT2D eigenvalue weighted by Crippen LogP contribution is -2.22. The van der Waals surface area contributed by atoms with Gasteiger partial charge in [0.15, 0.2) is 0 Å². The summed E-state index contributed by atoms with van der Waals surface area (Å²) < 4.78 is 0. The minimum atomic E-state index is 0.544. The molecule has 0 aliphatic rings. The van der Waals surface area contributed by atoms with E-state index in [0.29, 0.717) is 6.04 Å². The van der Waals surface area contributed by atoms with Crippen LogP contribution in [-0.2, 0) is 0 Å². The SMILES string of the molecule is C=C=C(C)C.CCCCCNC(CCC)c1ccccc1. The standard InChI is InChI=1S/C15H25N.C5H8/c1-3-5-9-13-16-15(10-4-2)14-11-7-6-8-12-14;1-4-5(2)3/h6-8,11-12,15-16H,3-5,9-10,13H2,1-2H3;1H2,2-3H3. The van der Waals surface area contributed by atoms with Gasteiger partial charge in [-0.1, -0.05) is 70.0 Å². The second-order valence-corrected chi connectivity index (χ2v) is 5.59. The fourth-order valence-corrected chi connectivity index (χ4v) is 2.01. The van der Waals surface area contributed by atoms with Crippen LogP contribution in [0.1, 0.15) is 71.4 Å². The molecule has 1 aromatic carbocycles. The summed E-state index contributed by atoms with van der Waals surface area (Å²) in [6.45, 7) is 13.0. The second-order valence-electron chi connectivity index (χ2n) is 5.59. The van der Waals surface area contributed by atoms with E-state index in [4.69, 9.17) is 0 Å². The molecule has 1 aromatic rings. The van der Waals surface area contributed by atoms with Crippen molar-refractivity contribution in [1.82, 2.24) is 5.32 Å². The molecule has 1 unspecified atom stereocenters. The van der Waals surface area contributed by atoms with Crippen LogP contribution < -0.4 is 5.32 Å². The highest BCUT2D eigenvalue weighted by Crippen LogP contribution is 2.17. The average Bonchev–Trinajstić information content (AvgIpc) is 2.52. The maximum Gasteiger partial charge on any atom is 0.0320 e. The Morgan fingerprint density at radius 2 is 1.71 bits per heavy atom. The molecule has 0 spiro atoms. The Morgan fingerprint density at radius 3 is 2.19 bits per heavy atom. The van der Waals surface area contributed by atoms with Gasteiger partial charge in [0, 0.05) is 6.04 Å². The number of hydrogen-bond acceptors (Lipinski definition) is 1. The Labute approximate surface area is 132 Å². The smallest absolute Gasteiger partial charge is 0.0320 e. The van der Waals surface area contributed by atoms with Crippen LogP contribution in [0.4, 0.5) is 0 Å². The lowest BCUT2D eigenvalue weighted by atomic mass is 10.0. The summed E-state index contributed by atoms with van der Waals surface area (Å²) in [6, 6.07) is 11.4. The van der Waals surface area contributed by atoms with E-state index in [0.717, 1.165) is 12.1 Å². The third kappa shape index (κ3) is 11.1. The fraction of sp³-hybridized carbons (Fsp3) is 0.550. The predicted molar refractivity (Wildman–Crippen MR) is 95.6 cm³/mol. The van der Waals surface area contributed by atoms with Crippen LogP contribution in [-0.4, -0.2) is 6.54 Å². The van der Waals surface area contributed by atoms with E-state index in [1.165, 1.54) is 37.7 Å². The Hall–Kier alpha value is -1.30. The number of allylic oxidation sites excluding steroid dienone is 1. The summed E-state index contributed by atoms with van der Waals surface area (Å²) >= 11 is 0. The molecule has 118 valence electrons. The maximum atomic E-state index is 3.67. The molecule has 0 saturated carbocycles. The fourth-order valence-electron chi connectivity index (χ4n) is 2.01. The van der Waals surface area contributed by atoms with Crippen LogP contribution in [0, 0.1) is 0 Å². The molecule has 1 atom stereocenters. The van der Waals surface area contributed by atoms with Gasteiger partial charge in [0.1, 0.15) is 0 Å². The van der Waals surface area contributed by atoms with Crippen molar-refractivity contribution in [3.05, 3.63) is 53.8 Å². The Morgan fingerprint density at radius 1 is 1.10 bits per heavy atom. The van der Waals surface area contributed by atoms with Crippen molar-refractivity contribution in [3.63, 3.8) is 0 Å². The van der Waals surface area contributed by atoms with Crippen molar-refractivity contribution < 1.29 is 0 Å². The van der Waals surface area contributed by atoms with Gasteiger partial charge in [-0.25, -0.2) is 0 Å². The first kappa shape index (κ1) is 19.7. The second kappa shape index (κ2) is 13.7. The van der Waals surface area contributed by atoms with Crippen LogP contribution in [0.2, 0.25) is 0 Å². The van der Waals surface area contributed by atoms with Gasteiger partial charge in [0.25, 0.3) is 0 Å². The van der Waals surface area contributed by atoms with Gasteiger partial charge in [-0.05, 0) is 44.4 Å². The predicted octanol–water partition coefficient (Wildman–Crippen LogP) is 6.05. The van der Waals surface area contributed by atoms with Crippen LogP contribution in [0.15, 0.2) is 48.2 Å². The molecular weight excluding hydrogens is 254 g/mol. The molecular formula is C20H33N. The number of benzene rings is 1. The first-order valence-corrected chi connectivity index (χ1v) is 8.27. The van der Waals surface area contributed by atoms with Crippen molar-refractivity contribution >= 4 is 0 Å². The number of nitrogens with one attached hydrogen (secondary N) is 1. The van der Waals surface area contributed by atoms with Crippen molar-refractivity contribution in [1.29, 1.82) is 0 Å². The molecule has 0 aliphatic carbocycles. The maximum absolute atomic E-state index is 3.67. The summed E-state index contributed by atoms with van der Waals surface area (Å²) in [5.41, 5.74) is 5.27. The number of unbranched alkanes of at least 4 members (excludes halogenated alkanes) is 2. The van der Waals surface area contributed by atoms with Gasteiger partial charge in [0.05, 0.1) is 0 Å². The van der Waals surface area contributed by atoms with Gasteiger partial charge in [-0.15, -0.1) is 5.73 Å². The van der Waals surface area contributed by atoms with Gasteiger partial charge < -0.3 is 5.32 Å². The Kier molecular flexibility index (Phi) is 12.8. The van der Waals surface area contributed by atoms with Crippen LogP contribution in [0.5, 0.6) is 0 Å². The van der Waals surface area contributed by atoms with E-state index in [1.807, 2.05) is 13.8 Å². The molecule has 0 heterocycles. The van der Waals surface area contributed by atoms with Gasteiger partial charge >= 0.3 is 0 Å². The van der Waals surface area contributed by atoms with Gasteiger partial charge in [0.2, 0.25) is 0 Å². The summed E-state index contributed by atoms with van der Waals surface area (Å²) in [5, 5.41) is 3.67. The molecule has 1 nitrogen and oxygen atoms in total. The quantitative estimate of drug-likeness (QED) is 0.453. The third-order valence-corrected chi connectivity index (χ3v) is 3.30. The van der Waals surface area contributed by atoms with E-state index < -0.39 is 0 Å². The molecule has 0 fully saturated rings. The number of rotatable bonds is 8. The third-order valence-electron chi connectivity index (χ3n) is 3.30. The number of hydrogen-bond donors (Lipinski definition) is 1. The zero-order valence-corrected chi connectivity index (χ0v) is 14.4. The highest BCUT2D eigenvalue weighted by Gasteiger charge is 2.08. The summed E-state index contributed by atoms with van der Waals surface area (Å²) in [6.07, 6.45) is 6.39.